The van der Waals surface area contributed by atoms with Crippen molar-refractivity contribution in [3.63, 3.8) is 0 Å². The minimum atomic E-state index is -1.19. The lowest BCUT2D eigenvalue weighted by molar-refractivity contribution is -0.256. The maximum atomic E-state index is 12.8. The van der Waals surface area contributed by atoms with Crippen molar-refractivity contribution >= 4 is 6.29 Å². The molecule has 0 aromatic heterocycles. The normalized spacial score (nSPS) is 38.4. The molecule has 0 aliphatic heterocycles. The number of allylic oxidation sites excluding steroid dienone is 10. The second kappa shape index (κ2) is 12.9. The number of aliphatic hydroxyl groups is 4. The molecule has 0 radical (unpaired) electrons. The van der Waals surface area contributed by atoms with Crippen molar-refractivity contribution < 1.29 is 25.2 Å². The molecule has 4 aliphatic carbocycles. The van der Waals surface area contributed by atoms with Gasteiger partial charge in [-0.3, -0.25) is 4.79 Å². The Labute approximate surface area is 252 Å². The van der Waals surface area contributed by atoms with Crippen LogP contribution in [0.5, 0.6) is 0 Å². The van der Waals surface area contributed by atoms with E-state index in [-0.39, 0.29) is 25.0 Å². The van der Waals surface area contributed by atoms with E-state index in [2.05, 4.69) is 44.0 Å². The van der Waals surface area contributed by atoms with Gasteiger partial charge < -0.3 is 25.7 Å². The molecular weight excluding hydrogens is 526 g/mol. The Bertz CT molecular complexity index is 1190. The first kappa shape index (κ1) is 32.8. The third-order valence-corrected chi connectivity index (χ3v) is 11.5. The van der Waals surface area contributed by atoms with E-state index in [1.54, 1.807) is 0 Å². The Morgan fingerprint density at radius 1 is 1.14 bits per heavy atom. The number of aldehydes is 1. The van der Waals surface area contributed by atoms with Crippen LogP contribution in [0.4, 0.5) is 0 Å². The van der Waals surface area contributed by atoms with Crippen molar-refractivity contribution in [3.05, 3.63) is 70.9 Å². The topological polar surface area (TPSA) is 110 Å². The van der Waals surface area contributed by atoms with E-state index in [9.17, 15) is 25.2 Å². The van der Waals surface area contributed by atoms with Gasteiger partial charge in [0.05, 0.1) is 18.3 Å². The van der Waals surface area contributed by atoms with Crippen LogP contribution in [0.2, 0.25) is 0 Å². The molecule has 232 valence electrons. The molecule has 0 saturated heterocycles. The number of rotatable bonds is 13. The van der Waals surface area contributed by atoms with Crippen LogP contribution in [0.15, 0.2) is 70.9 Å². The highest BCUT2D eigenvalue weighted by Crippen LogP contribution is 2.80. The van der Waals surface area contributed by atoms with Crippen molar-refractivity contribution in [3.8, 4) is 0 Å². The lowest BCUT2D eigenvalue weighted by Crippen LogP contribution is -2.73. The quantitative estimate of drug-likeness (QED) is 0.0897. The maximum absolute atomic E-state index is 12.8. The fraction of sp³-hybridized carbons (Fsp3) is 0.639. The molecule has 0 aromatic rings. The van der Waals surface area contributed by atoms with Gasteiger partial charge in [-0.25, -0.2) is 0 Å². The number of fused-ring (bicyclic) bond motifs is 2. The molecule has 0 aromatic carbocycles. The standard InChI is InChI=1S/C36H53NO5/c1-25(2)8-6-9-26(3)10-7-11-30(24-40)33-15-17-35-29(14-21-38)13-12-28(31(35)27(4)23-39)22-34(42,19-20-37-5)36(35,18-16-33)32(33)41/h7-8,10-13,23,28-29,32,37-38,40-42H,3,6,9,14-22,24H2,1-2,4-5H3/b10-7-,30-11-,31-27?/t28-,29-,32+,33-,34+,35-,36+/m0/s1. The number of hydrogen-bond donors (Lipinski definition) is 5. The summed E-state index contributed by atoms with van der Waals surface area (Å²) in [6.07, 6.45) is 18.2. The zero-order valence-corrected chi connectivity index (χ0v) is 26.2. The minimum Gasteiger partial charge on any atom is -0.396 e. The molecule has 42 heavy (non-hydrogen) atoms. The molecule has 3 saturated carbocycles. The first-order valence-electron chi connectivity index (χ1n) is 15.8. The summed E-state index contributed by atoms with van der Waals surface area (Å²) in [5, 5.41) is 49.7. The predicted octanol–water partition coefficient (Wildman–Crippen LogP) is 5.12. The van der Waals surface area contributed by atoms with Gasteiger partial charge in [0.25, 0.3) is 0 Å². The number of carbonyl (C=O) groups excluding carboxylic acids is 1. The zero-order chi connectivity index (χ0) is 30.8. The van der Waals surface area contributed by atoms with Gasteiger partial charge in [-0.05, 0) is 115 Å². The van der Waals surface area contributed by atoms with Crippen molar-refractivity contribution in [2.24, 2.45) is 28.1 Å². The van der Waals surface area contributed by atoms with Gasteiger partial charge in [-0.2, -0.15) is 0 Å². The average molecular weight is 580 g/mol. The van der Waals surface area contributed by atoms with E-state index >= 15 is 0 Å². The molecule has 6 heteroatoms. The van der Waals surface area contributed by atoms with E-state index in [1.807, 2.05) is 32.2 Å². The second-order valence-electron chi connectivity index (χ2n) is 13.6. The molecule has 6 nitrogen and oxygen atoms in total. The first-order valence-corrected chi connectivity index (χ1v) is 15.8. The summed E-state index contributed by atoms with van der Waals surface area (Å²) in [5.41, 5.74) is 1.35. The first-order chi connectivity index (χ1) is 20.0. The summed E-state index contributed by atoms with van der Waals surface area (Å²) in [6, 6.07) is 0. The van der Waals surface area contributed by atoms with Crippen molar-refractivity contribution in [1.82, 2.24) is 5.32 Å². The summed E-state index contributed by atoms with van der Waals surface area (Å²) >= 11 is 0. The third-order valence-electron chi connectivity index (χ3n) is 11.5. The lowest BCUT2D eigenvalue weighted by Gasteiger charge is -2.71. The van der Waals surface area contributed by atoms with E-state index in [0.717, 1.165) is 35.8 Å². The van der Waals surface area contributed by atoms with Crippen LogP contribution in [0.1, 0.15) is 78.6 Å². The highest BCUT2D eigenvalue weighted by atomic mass is 16.3. The monoisotopic (exact) mass is 579 g/mol. The number of aliphatic hydroxyl groups excluding tert-OH is 3. The lowest BCUT2D eigenvalue weighted by atomic mass is 9.34. The van der Waals surface area contributed by atoms with Gasteiger partial charge in [-0.15, -0.1) is 0 Å². The summed E-state index contributed by atoms with van der Waals surface area (Å²) in [6.45, 7) is 10.6. The molecule has 3 fully saturated rings. The van der Waals surface area contributed by atoms with Gasteiger partial charge in [0, 0.05) is 28.8 Å². The number of nitrogens with one attached hydrogen (secondary N) is 1. The summed E-state index contributed by atoms with van der Waals surface area (Å²) in [4.78, 5) is 12.4. The van der Waals surface area contributed by atoms with Crippen LogP contribution in [-0.4, -0.2) is 65.2 Å². The molecule has 5 N–H and O–H groups in total. The highest BCUT2D eigenvalue weighted by molar-refractivity contribution is 5.75. The molecule has 2 spiro atoms. The Kier molecular flexibility index (Phi) is 10.1. The van der Waals surface area contributed by atoms with Crippen molar-refractivity contribution in [2.45, 2.75) is 90.3 Å². The Balaban J connectivity index is 1.83. The third kappa shape index (κ3) is 4.97. The van der Waals surface area contributed by atoms with E-state index in [0.29, 0.717) is 57.1 Å². The molecular formula is C36H53NO5. The Morgan fingerprint density at radius 2 is 1.88 bits per heavy atom. The highest BCUT2D eigenvalue weighted by Gasteiger charge is 2.79. The van der Waals surface area contributed by atoms with Crippen molar-refractivity contribution in [2.75, 3.05) is 26.8 Å². The van der Waals surface area contributed by atoms with Gasteiger partial charge in [-0.1, -0.05) is 54.2 Å². The SMILES string of the molecule is C=C(/C=C\C=C(\CO)[C@]12CC[C@@]3([C@@H]1O)[C@@](O)(CCNC)C[C@@H]1C=C[C@@H](CCO)[C@@]3(CC2)C1=C(C)C=O)CCC=C(C)C. The minimum absolute atomic E-state index is 0.00874. The van der Waals surface area contributed by atoms with Crippen LogP contribution < -0.4 is 5.32 Å². The van der Waals surface area contributed by atoms with E-state index < -0.39 is 27.9 Å². The zero-order valence-electron chi connectivity index (χ0n) is 26.2. The van der Waals surface area contributed by atoms with Gasteiger partial charge >= 0.3 is 0 Å². The average Bonchev–Trinajstić information content (AvgIpc) is 3.16. The molecule has 4 bridgehead atoms. The number of carbonyl (C=O) groups is 1. The Hall–Kier alpha value is -2.09. The van der Waals surface area contributed by atoms with Crippen LogP contribution in [0.25, 0.3) is 0 Å². The number of hydrogen-bond acceptors (Lipinski definition) is 6. The molecule has 7 atom stereocenters. The van der Waals surface area contributed by atoms with Crippen LogP contribution >= 0.6 is 0 Å². The van der Waals surface area contributed by atoms with Gasteiger partial charge in [0.15, 0.2) is 0 Å². The van der Waals surface area contributed by atoms with Crippen LogP contribution in [-0.2, 0) is 4.79 Å². The molecule has 4 aliphatic rings. The predicted molar refractivity (Wildman–Crippen MR) is 169 cm³/mol. The molecule has 4 rings (SSSR count). The summed E-state index contributed by atoms with van der Waals surface area (Å²) in [5.74, 6) is -0.201. The van der Waals surface area contributed by atoms with Crippen LogP contribution in [0, 0.1) is 28.1 Å². The second-order valence-corrected chi connectivity index (χ2v) is 13.6. The molecule has 0 unspecified atom stereocenters. The molecule has 0 amide bonds. The summed E-state index contributed by atoms with van der Waals surface area (Å²) in [7, 11) is 1.87. The fourth-order valence-electron chi connectivity index (χ4n) is 9.76. The van der Waals surface area contributed by atoms with E-state index in [1.165, 1.54) is 5.57 Å². The largest absolute Gasteiger partial charge is 0.396 e. The van der Waals surface area contributed by atoms with Gasteiger partial charge in [0.2, 0.25) is 0 Å². The van der Waals surface area contributed by atoms with Crippen molar-refractivity contribution in [1.29, 1.82) is 0 Å². The smallest absolute Gasteiger partial charge is 0.145 e. The van der Waals surface area contributed by atoms with E-state index in [4.69, 9.17) is 0 Å². The molecule has 0 heterocycles. The van der Waals surface area contributed by atoms with Gasteiger partial charge in [0.1, 0.15) is 6.29 Å². The Morgan fingerprint density at radius 3 is 2.52 bits per heavy atom. The fourth-order valence-corrected chi connectivity index (χ4v) is 9.76. The van der Waals surface area contributed by atoms with Crippen LogP contribution in [0.3, 0.4) is 0 Å². The maximum Gasteiger partial charge on any atom is 0.145 e. The summed E-state index contributed by atoms with van der Waals surface area (Å²) < 4.78 is 0.